The molecule has 4 heteroatoms. The Morgan fingerprint density at radius 2 is 2.19 bits per heavy atom. The summed E-state index contributed by atoms with van der Waals surface area (Å²) in [6, 6.07) is 2.24. The van der Waals surface area contributed by atoms with Gasteiger partial charge in [-0.05, 0) is 31.2 Å². The number of hydrogen-bond acceptors (Lipinski definition) is 3. The monoisotopic (exact) mass is 289 g/mol. The fraction of sp³-hybridized carbons (Fsp3) is 0.647. The number of hydrogen-bond donors (Lipinski definition) is 1. The van der Waals surface area contributed by atoms with Crippen molar-refractivity contribution in [3.05, 3.63) is 24.0 Å². The lowest BCUT2D eigenvalue weighted by atomic mass is 9.85. The van der Waals surface area contributed by atoms with E-state index in [1.54, 1.807) is 12.4 Å². The highest BCUT2D eigenvalue weighted by Crippen LogP contribution is 2.29. The molecule has 1 aromatic rings. The second kappa shape index (κ2) is 7.43. The Labute approximate surface area is 127 Å². The molecule has 1 saturated carbocycles. The minimum Gasteiger partial charge on any atom is -0.384 e. The molecule has 4 nitrogen and oxygen atoms in total. The van der Waals surface area contributed by atoms with Gasteiger partial charge in [-0.15, -0.1) is 0 Å². The van der Waals surface area contributed by atoms with E-state index in [4.69, 9.17) is 0 Å². The lowest BCUT2D eigenvalue weighted by molar-refractivity contribution is 0.0629. The Kier molecular flexibility index (Phi) is 5.59. The SMILES string of the molecule is CCCNc1ccncc1C(=O)N(C)C1CCCCC1C. The van der Waals surface area contributed by atoms with Crippen molar-refractivity contribution in [1.82, 2.24) is 9.88 Å². The van der Waals surface area contributed by atoms with Gasteiger partial charge in [-0.25, -0.2) is 0 Å². The molecule has 2 rings (SSSR count). The van der Waals surface area contributed by atoms with Crippen LogP contribution in [0.4, 0.5) is 5.69 Å². The molecule has 0 aromatic carbocycles. The second-order valence-corrected chi connectivity index (χ2v) is 6.09. The van der Waals surface area contributed by atoms with E-state index >= 15 is 0 Å². The lowest BCUT2D eigenvalue weighted by Crippen LogP contribution is -2.42. The fourth-order valence-electron chi connectivity index (χ4n) is 3.19. The molecule has 0 spiro atoms. The van der Waals surface area contributed by atoms with Crippen LogP contribution in [0, 0.1) is 5.92 Å². The summed E-state index contributed by atoms with van der Waals surface area (Å²) < 4.78 is 0. The second-order valence-electron chi connectivity index (χ2n) is 6.09. The van der Waals surface area contributed by atoms with Crippen LogP contribution in [0.25, 0.3) is 0 Å². The van der Waals surface area contributed by atoms with Crippen LogP contribution in [0.3, 0.4) is 0 Å². The van der Waals surface area contributed by atoms with Gasteiger partial charge < -0.3 is 10.2 Å². The van der Waals surface area contributed by atoms with E-state index in [1.165, 1.54) is 19.3 Å². The first-order valence-corrected chi connectivity index (χ1v) is 8.10. The quantitative estimate of drug-likeness (QED) is 0.901. The van der Waals surface area contributed by atoms with Crippen molar-refractivity contribution in [2.75, 3.05) is 18.9 Å². The maximum atomic E-state index is 12.8. The summed E-state index contributed by atoms with van der Waals surface area (Å²) in [5.74, 6) is 0.664. The minimum atomic E-state index is 0.0838. The van der Waals surface area contributed by atoms with Crippen LogP contribution < -0.4 is 5.32 Å². The molecule has 1 fully saturated rings. The van der Waals surface area contributed by atoms with Gasteiger partial charge >= 0.3 is 0 Å². The number of rotatable bonds is 5. The lowest BCUT2D eigenvalue weighted by Gasteiger charge is -2.36. The first-order valence-electron chi connectivity index (χ1n) is 8.10. The van der Waals surface area contributed by atoms with Crippen molar-refractivity contribution in [2.24, 2.45) is 5.92 Å². The van der Waals surface area contributed by atoms with Crippen molar-refractivity contribution in [3.63, 3.8) is 0 Å². The summed E-state index contributed by atoms with van der Waals surface area (Å²) >= 11 is 0. The van der Waals surface area contributed by atoms with E-state index < -0.39 is 0 Å². The van der Waals surface area contributed by atoms with E-state index in [1.807, 2.05) is 18.0 Å². The van der Waals surface area contributed by atoms with Crippen LogP contribution >= 0.6 is 0 Å². The van der Waals surface area contributed by atoms with Crippen molar-refractivity contribution in [1.29, 1.82) is 0 Å². The largest absolute Gasteiger partial charge is 0.384 e. The maximum Gasteiger partial charge on any atom is 0.257 e. The number of carbonyl (C=O) groups excluding carboxylic acids is 1. The Morgan fingerprint density at radius 1 is 1.43 bits per heavy atom. The highest BCUT2D eigenvalue weighted by atomic mass is 16.2. The molecule has 0 radical (unpaired) electrons. The Morgan fingerprint density at radius 3 is 2.90 bits per heavy atom. The van der Waals surface area contributed by atoms with E-state index in [0.29, 0.717) is 17.5 Å². The van der Waals surface area contributed by atoms with E-state index in [9.17, 15) is 4.79 Å². The normalized spacial score (nSPS) is 21.9. The Balaban J connectivity index is 2.15. The van der Waals surface area contributed by atoms with Crippen molar-refractivity contribution in [3.8, 4) is 0 Å². The van der Waals surface area contributed by atoms with E-state index in [-0.39, 0.29) is 5.91 Å². The molecule has 2 atom stereocenters. The number of nitrogens with zero attached hydrogens (tertiary/aromatic N) is 2. The van der Waals surface area contributed by atoms with Crippen LogP contribution in [0.1, 0.15) is 56.3 Å². The van der Waals surface area contributed by atoms with Gasteiger partial charge in [0.05, 0.1) is 11.3 Å². The van der Waals surface area contributed by atoms with Gasteiger partial charge in [0.15, 0.2) is 0 Å². The molecule has 0 saturated heterocycles. The average molecular weight is 289 g/mol. The molecule has 1 aliphatic carbocycles. The van der Waals surface area contributed by atoms with Gasteiger partial charge in [0.2, 0.25) is 0 Å². The Hall–Kier alpha value is -1.58. The summed E-state index contributed by atoms with van der Waals surface area (Å²) in [6.07, 6.45) is 9.29. The summed E-state index contributed by atoms with van der Waals surface area (Å²) in [4.78, 5) is 18.9. The molecule has 21 heavy (non-hydrogen) atoms. The van der Waals surface area contributed by atoms with Gasteiger partial charge in [0.25, 0.3) is 5.91 Å². The summed E-state index contributed by atoms with van der Waals surface area (Å²) in [5.41, 5.74) is 1.58. The topological polar surface area (TPSA) is 45.2 Å². The number of anilines is 1. The highest BCUT2D eigenvalue weighted by Gasteiger charge is 2.29. The first kappa shape index (κ1) is 15.8. The summed E-state index contributed by atoms with van der Waals surface area (Å²) in [6.45, 7) is 5.24. The number of pyridine rings is 1. The predicted molar refractivity (Wildman–Crippen MR) is 86.5 cm³/mol. The zero-order valence-corrected chi connectivity index (χ0v) is 13.4. The molecule has 116 valence electrons. The molecular formula is C17H27N3O. The van der Waals surface area contributed by atoms with Crippen molar-refractivity contribution in [2.45, 2.75) is 52.0 Å². The number of carbonyl (C=O) groups is 1. The zero-order chi connectivity index (χ0) is 15.2. The van der Waals surface area contributed by atoms with E-state index in [0.717, 1.165) is 25.1 Å². The van der Waals surface area contributed by atoms with Crippen LogP contribution in [0.15, 0.2) is 18.5 Å². The number of aromatic nitrogens is 1. The predicted octanol–water partition coefficient (Wildman–Crippen LogP) is 3.55. The average Bonchev–Trinajstić information content (AvgIpc) is 2.52. The fourth-order valence-corrected chi connectivity index (χ4v) is 3.19. The van der Waals surface area contributed by atoms with Crippen molar-refractivity contribution >= 4 is 11.6 Å². The molecule has 2 unspecified atom stereocenters. The first-order chi connectivity index (χ1) is 10.1. The molecular weight excluding hydrogens is 262 g/mol. The standard InChI is InChI=1S/C17H27N3O/c1-4-10-19-15-9-11-18-12-14(15)17(21)20(3)16-8-6-5-7-13(16)2/h9,11-13,16H,4-8,10H2,1-3H3,(H,18,19). The molecule has 1 heterocycles. The van der Waals surface area contributed by atoms with Gasteiger partial charge in [-0.2, -0.15) is 0 Å². The van der Waals surface area contributed by atoms with Gasteiger partial charge in [-0.3, -0.25) is 9.78 Å². The minimum absolute atomic E-state index is 0.0838. The third-order valence-corrected chi connectivity index (χ3v) is 4.50. The van der Waals surface area contributed by atoms with Crippen molar-refractivity contribution < 1.29 is 4.79 Å². The number of amides is 1. The molecule has 1 N–H and O–H groups in total. The highest BCUT2D eigenvalue weighted by molar-refractivity contribution is 5.99. The summed E-state index contributed by atoms with van der Waals surface area (Å²) in [5, 5.41) is 3.33. The van der Waals surface area contributed by atoms with Gasteiger partial charge in [0.1, 0.15) is 0 Å². The zero-order valence-electron chi connectivity index (χ0n) is 13.4. The van der Waals surface area contributed by atoms with Gasteiger partial charge in [-0.1, -0.05) is 26.7 Å². The van der Waals surface area contributed by atoms with Crippen LogP contribution in [0.2, 0.25) is 0 Å². The Bertz CT molecular complexity index is 475. The van der Waals surface area contributed by atoms with Crippen LogP contribution in [0.5, 0.6) is 0 Å². The molecule has 0 aliphatic heterocycles. The molecule has 1 amide bonds. The smallest absolute Gasteiger partial charge is 0.257 e. The number of nitrogens with one attached hydrogen (secondary N) is 1. The van der Waals surface area contributed by atoms with Crippen LogP contribution in [-0.4, -0.2) is 35.4 Å². The third-order valence-electron chi connectivity index (χ3n) is 4.50. The molecule has 1 aliphatic rings. The van der Waals surface area contributed by atoms with E-state index in [2.05, 4.69) is 24.1 Å². The van der Waals surface area contributed by atoms with Gasteiger partial charge in [0, 0.05) is 32.0 Å². The van der Waals surface area contributed by atoms with Crippen LogP contribution in [-0.2, 0) is 0 Å². The summed E-state index contributed by atoms with van der Waals surface area (Å²) in [7, 11) is 1.94. The molecule has 1 aromatic heterocycles. The third kappa shape index (κ3) is 3.74. The molecule has 0 bridgehead atoms. The maximum absolute atomic E-state index is 12.8.